The number of aromatic nitrogens is 2. The summed E-state index contributed by atoms with van der Waals surface area (Å²) >= 11 is 0. The second kappa shape index (κ2) is 10.2. The zero-order chi connectivity index (χ0) is 16.4. The largest absolute Gasteiger partial charge is 0.396 e. The van der Waals surface area contributed by atoms with Crippen molar-refractivity contribution < 1.29 is 9.63 Å². The molecule has 0 aromatic carbocycles. The summed E-state index contributed by atoms with van der Waals surface area (Å²) in [5, 5.41) is 19.4. The maximum absolute atomic E-state index is 9.17. The van der Waals surface area contributed by atoms with E-state index in [0.717, 1.165) is 31.9 Å². The van der Waals surface area contributed by atoms with Crippen LogP contribution in [0.2, 0.25) is 0 Å². The van der Waals surface area contributed by atoms with Crippen LogP contribution in [0.5, 0.6) is 0 Å². The van der Waals surface area contributed by atoms with E-state index in [1.807, 2.05) is 6.92 Å². The molecule has 0 spiro atoms. The van der Waals surface area contributed by atoms with E-state index in [9.17, 15) is 5.11 Å². The lowest BCUT2D eigenvalue weighted by Gasteiger charge is -2.20. The lowest BCUT2D eigenvalue weighted by Crippen LogP contribution is -2.40. The molecule has 1 unspecified atom stereocenters. The van der Waals surface area contributed by atoms with E-state index < -0.39 is 0 Å². The molecule has 126 valence electrons. The van der Waals surface area contributed by atoms with Crippen LogP contribution in [0.4, 0.5) is 0 Å². The number of guanidine groups is 1. The van der Waals surface area contributed by atoms with Crippen LogP contribution in [0.15, 0.2) is 9.52 Å². The Kier molecular flexibility index (Phi) is 8.50. The normalized spacial score (nSPS) is 13.5. The topological polar surface area (TPSA) is 95.6 Å². The minimum atomic E-state index is 0.216. The third kappa shape index (κ3) is 7.40. The molecule has 0 saturated heterocycles. The molecule has 7 heteroatoms. The lowest BCUT2D eigenvalue weighted by atomic mass is 9.94. The predicted octanol–water partition coefficient (Wildman–Crippen LogP) is 1.48. The molecule has 3 N–H and O–H groups in total. The van der Waals surface area contributed by atoms with Gasteiger partial charge in [0.2, 0.25) is 5.89 Å². The number of hydrogen-bond acceptors (Lipinski definition) is 5. The van der Waals surface area contributed by atoms with Gasteiger partial charge in [-0.3, -0.25) is 0 Å². The van der Waals surface area contributed by atoms with Gasteiger partial charge < -0.3 is 20.3 Å². The molecular formula is C15H29N5O2. The van der Waals surface area contributed by atoms with Crippen molar-refractivity contribution >= 4 is 5.96 Å². The Morgan fingerprint density at radius 3 is 2.68 bits per heavy atom. The van der Waals surface area contributed by atoms with Crippen molar-refractivity contribution in [3.05, 3.63) is 11.7 Å². The molecule has 1 rings (SSSR count). The minimum absolute atomic E-state index is 0.216. The zero-order valence-corrected chi connectivity index (χ0v) is 14.1. The van der Waals surface area contributed by atoms with Gasteiger partial charge in [0.15, 0.2) is 11.8 Å². The number of aliphatic hydroxyl groups excluding tert-OH is 1. The summed E-state index contributed by atoms with van der Waals surface area (Å²) in [6.45, 7) is 10.3. The van der Waals surface area contributed by atoms with Crippen LogP contribution in [0.1, 0.15) is 45.3 Å². The van der Waals surface area contributed by atoms with Crippen LogP contribution in [-0.2, 0) is 6.54 Å². The van der Waals surface area contributed by atoms with Crippen LogP contribution in [0.25, 0.3) is 0 Å². The van der Waals surface area contributed by atoms with E-state index in [0.29, 0.717) is 30.1 Å². The fourth-order valence-corrected chi connectivity index (χ4v) is 2.29. The summed E-state index contributed by atoms with van der Waals surface area (Å²) in [6, 6.07) is 0. The molecule has 0 aliphatic heterocycles. The fourth-order valence-electron chi connectivity index (χ4n) is 2.29. The fraction of sp³-hybridized carbons (Fsp3) is 0.800. The predicted molar refractivity (Wildman–Crippen MR) is 86.5 cm³/mol. The summed E-state index contributed by atoms with van der Waals surface area (Å²) < 4.78 is 5.05. The zero-order valence-electron chi connectivity index (χ0n) is 14.1. The van der Waals surface area contributed by atoms with Crippen LogP contribution in [-0.4, -0.2) is 40.9 Å². The van der Waals surface area contributed by atoms with Gasteiger partial charge in [0.1, 0.15) is 6.54 Å². The Morgan fingerprint density at radius 2 is 2.14 bits per heavy atom. The average molecular weight is 311 g/mol. The van der Waals surface area contributed by atoms with E-state index in [2.05, 4.69) is 39.6 Å². The van der Waals surface area contributed by atoms with Gasteiger partial charge >= 0.3 is 0 Å². The first kappa shape index (κ1) is 18.4. The highest BCUT2D eigenvalue weighted by Crippen LogP contribution is 2.14. The quantitative estimate of drug-likeness (QED) is 0.472. The Labute approximate surface area is 132 Å². The SMILES string of the molecule is CCNC(=NCc1nc(C)no1)NCC(CCO)CC(C)C. The van der Waals surface area contributed by atoms with E-state index >= 15 is 0 Å². The van der Waals surface area contributed by atoms with Crippen LogP contribution < -0.4 is 10.6 Å². The molecule has 1 aromatic heterocycles. The van der Waals surface area contributed by atoms with Crippen molar-refractivity contribution in [1.82, 2.24) is 20.8 Å². The number of aliphatic imine (C=N–C) groups is 1. The standard InChI is InChI=1S/C15H29N5O2/c1-5-16-15(18-10-14-19-12(4)20-22-14)17-9-13(6-7-21)8-11(2)3/h11,13,21H,5-10H2,1-4H3,(H2,16,17,18). The first-order valence-corrected chi connectivity index (χ1v) is 7.97. The maximum atomic E-state index is 9.17. The van der Waals surface area contributed by atoms with Crippen molar-refractivity contribution in [2.75, 3.05) is 19.7 Å². The molecule has 0 aliphatic carbocycles. The van der Waals surface area contributed by atoms with Gasteiger partial charge in [-0.05, 0) is 38.5 Å². The maximum Gasteiger partial charge on any atom is 0.248 e. The molecule has 0 radical (unpaired) electrons. The number of aryl methyl sites for hydroxylation is 1. The van der Waals surface area contributed by atoms with E-state index in [1.54, 1.807) is 6.92 Å². The Balaban J connectivity index is 2.54. The summed E-state index contributed by atoms with van der Waals surface area (Å²) in [6.07, 6.45) is 1.88. The Hall–Kier alpha value is -1.63. The molecule has 22 heavy (non-hydrogen) atoms. The van der Waals surface area contributed by atoms with Gasteiger partial charge in [0.25, 0.3) is 0 Å². The molecule has 1 aromatic rings. The molecule has 0 fully saturated rings. The highest BCUT2D eigenvalue weighted by molar-refractivity contribution is 5.79. The first-order valence-electron chi connectivity index (χ1n) is 7.97. The van der Waals surface area contributed by atoms with E-state index in [1.165, 1.54) is 0 Å². The second-order valence-electron chi connectivity index (χ2n) is 5.82. The number of nitrogens with one attached hydrogen (secondary N) is 2. The summed E-state index contributed by atoms with van der Waals surface area (Å²) in [7, 11) is 0. The van der Waals surface area contributed by atoms with Crippen LogP contribution >= 0.6 is 0 Å². The summed E-state index contributed by atoms with van der Waals surface area (Å²) in [5.41, 5.74) is 0. The third-order valence-electron chi connectivity index (χ3n) is 3.19. The second-order valence-corrected chi connectivity index (χ2v) is 5.82. The van der Waals surface area contributed by atoms with Crippen LogP contribution in [0.3, 0.4) is 0 Å². The highest BCUT2D eigenvalue weighted by Gasteiger charge is 2.11. The minimum Gasteiger partial charge on any atom is -0.396 e. The molecule has 7 nitrogen and oxygen atoms in total. The Bertz CT molecular complexity index is 445. The summed E-state index contributed by atoms with van der Waals surface area (Å²) in [4.78, 5) is 8.58. The van der Waals surface area contributed by atoms with E-state index in [-0.39, 0.29) is 6.61 Å². The first-order chi connectivity index (χ1) is 10.5. The monoisotopic (exact) mass is 311 g/mol. The molecule has 1 heterocycles. The van der Waals surface area contributed by atoms with Gasteiger partial charge in [-0.25, -0.2) is 4.99 Å². The number of rotatable bonds is 9. The molecule has 1 atom stereocenters. The van der Waals surface area contributed by atoms with Gasteiger partial charge in [0, 0.05) is 19.7 Å². The number of aliphatic hydroxyl groups is 1. The van der Waals surface area contributed by atoms with Crippen molar-refractivity contribution in [3.8, 4) is 0 Å². The Morgan fingerprint density at radius 1 is 1.36 bits per heavy atom. The molecule has 0 saturated carbocycles. The molecule has 0 aliphatic rings. The average Bonchev–Trinajstić information content (AvgIpc) is 2.87. The molecule has 0 amide bonds. The van der Waals surface area contributed by atoms with Gasteiger partial charge in [-0.15, -0.1) is 0 Å². The van der Waals surface area contributed by atoms with Crippen LogP contribution in [0, 0.1) is 18.8 Å². The van der Waals surface area contributed by atoms with Crippen molar-refractivity contribution in [2.24, 2.45) is 16.8 Å². The molecular weight excluding hydrogens is 282 g/mol. The summed E-state index contributed by atoms with van der Waals surface area (Å²) in [5.74, 6) is 2.88. The number of nitrogens with zero attached hydrogens (tertiary/aromatic N) is 3. The lowest BCUT2D eigenvalue weighted by molar-refractivity contribution is 0.243. The third-order valence-corrected chi connectivity index (χ3v) is 3.19. The molecule has 0 bridgehead atoms. The van der Waals surface area contributed by atoms with Gasteiger partial charge in [-0.2, -0.15) is 4.98 Å². The van der Waals surface area contributed by atoms with Gasteiger partial charge in [0.05, 0.1) is 0 Å². The van der Waals surface area contributed by atoms with Crippen molar-refractivity contribution in [3.63, 3.8) is 0 Å². The van der Waals surface area contributed by atoms with E-state index in [4.69, 9.17) is 4.52 Å². The van der Waals surface area contributed by atoms with Crippen molar-refractivity contribution in [2.45, 2.75) is 47.1 Å². The van der Waals surface area contributed by atoms with Gasteiger partial charge in [-0.1, -0.05) is 19.0 Å². The highest BCUT2D eigenvalue weighted by atomic mass is 16.5. The number of hydrogen-bond donors (Lipinski definition) is 3. The van der Waals surface area contributed by atoms with Crippen molar-refractivity contribution in [1.29, 1.82) is 0 Å². The smallest absolute Gasteiger partial charge is 0.248 e.